The van der Waals surface area contributed by atoms with Gasteiger partial charge in [0.2, 0.25) is 0 Å². The molecule has 1 aliphatic rings. The van der Waals surface area contributed by atoms with Crippen molar-refractivity contribution in [3.8, 4) is 0 Å². The van der Waals surface area contributed by atoms with Crippen LogP contribution in [0, 0.1) is 0 Å². The molecule has 8 heteroatoms. The fourth-order valence-electron chi connectivity index (χ4n) is 1.82. The van der Waals surface area contributed by atoms with E-state index in [1.807, 2.05) is 0 Å². The number of hydrogen-bond donors (Lipinski definition) is 2. The Morgan fingerprint density at radius 1 is 1.55 bits per heavy atom. The summed E-state index contributed by atoms with van der Waals surface area (Å²) in [6.07, 6.45) is 3.68. The molecule has 0 aromatic carbocycles. The minimum absolute atomic E-state index is 0.302. The predicted molar refractivity (Wildman–Crippen MR) is 71.0 cm³/mol. The smallest absolute Gasteiger partial charge is 0.412 e. The third-order valence-corrected chi connectivity index (χ3v) is 2.97. The topological polar surface area (TPSA) is 97.6 Å². The van der Waals surface area contributed by atoms with E-state index >= 15 is 0 Å². The first-order chi connectivity index (χ1) is 9.71. The van der Waals surface area contributed by atoms with Crippen molar-refractivity contribution in [3.05, 3.63) is 17.8 Å². The summed E-state index contributed by atoms with van der Waals surface area (Å²) in [7, 11) is 1.27. The van der Waals surface area contributed by atoms with E-state index < -0.39 is 6.09 Å². The van der Waals surface area contributed by atoms with E-state index in [0.29, 0.717) is 35.2 Å². The van der Waals surface area contributed by atoms with Crippen LogP contribution in [0.25, 0.3) is 5.65 Å². The molecule has 2 aromatic rings. The monoisotopic (exact) mass is 275 g/mol. The number of nitrogens with one attached hydrogen (secondary N) is 2. The Morgan fingerprint density at radius 2 is 2.35 bits per heavy atom. The summed E-state index contributed by atoms with van der Waals surface area (Å²) >= 11 is 0. The van der Waals surface area contributed by atoms with Crippen molar-refractivity contribution in [3.63, 3.8) is 0 Å². The molecule has 1 aliphatic carbocycles. The molecule has 3 rings (SSSR count). The van der Waals surface area contributed by atoms with Crippen LogP contribution < -0.4 is 10.6 Å². The summed E-state index contributed by atoms with van der Waals surface area (Å²) in [5.41, 5.74) is 0.745. The van der Waals surface area contributed by atoms with Crippen molar-refractivity contribution in [1.29, 1.82) is 0 Å². The molecular weight excluding hydrogens is 262 g/mol. The van der Waals surface area contributed by atoms with E-state index in [1.165, 1.54) is 13.3 Å². The Bertz CT molecular complexity index is 677. The highest BCUT2D eigenvalue weighted by atomic mass is 16.5. The van der Waals surface area contributed by atoms with Gasteiger partial charge in [0.15, 0.2) is 11.9 Å². The van der Waals surface area contributed by atoms with Gasteiger partial charge in [0.25, 0.3) is 0 Å². The summed E-state index contributed by atoms with van der Waals surface area (Å²) in [4.78, 5) is 26.5. The summed E-state index contributed by atoms with van der Waals surface area (Å²) in [6.45, 7) is 0. The van der Waals surface area contributed by atoms with E-state index in [9.17, 15) is 9.59 Å². The molecular formula is C12H13N5O3. The molecule has 2 N–H and O–H groups in total. The first-order valence-electron chi connectivity index (χ1n) is 6.16. The summed E-state index contributed by atoms with van der Waals surface area (Å²) in [5, 5.41) is 9.90. The van der Waals surface area contributed by atoms with Gasteiger partial charge in [0.1, 0.15) is 11.6 Å². The number of methoxy groups -OCH3 is 1. The van der Waals surface area contributed by atoms with E-state index in [-0.39, 0.29) is 0 Å². The number of ether oxygens (including phenoxy) is 1. The van der Waals surface area contributed by atoms with Crippen LogP contribution in [0.15, 0.2) is 12.3 Å². The van der Waals surface area contributed by atoms with Gasteiger partial charge in [-0.3, -0.25) is 10.1 Å². The Labute approximate surface area is 114 Å². The van der Waals surface area contributed by atoms with Crippen LogP contribution in [0.5, 0.6) is 0 Å². The van der Waals surface area contributed by atoms with Crippen LogP contribution >= 0.6 is 0 Å². The zero-order valence-corrected chi connectivity index (χ0v) is 10.8. The fraction of sp³-hybridized carbons (Fsp3) is 0.333. The lowest BCUT2D eigenvalue weighted by Gasteiger charge is -2.10. The van der Waals surface area contributed by atoms with Gasteiger partial charge in [-0.15, -0.1) is 0 Å². The standard InChI is InChI=1S/C12H13N5O3/c1-20-12(19)16-9-4-10(14-8-2-3-8)17-11(15-9)7(6-18)5-13-17/h4-6,8,14H,2-3H2,1H3,(H,15,16,19). The predicted octanol–water partition coefficient (Wildman–Crippen LogP) is 1.29. The van der Waals surface area contributed by atoms with E-state index in [0.717, 1.165) is 12.8 Å². The second-order valence-corrected chi connectivity index (χ2v) is 4.51. The maximum absolute atomic E-state index is 11.3. The molecule has 1 fully saturated rings. The van der Waals surface area contributed by atoms with Crippen molar-refractivity contribution in [2.24, 2.45) is 0 Å². The fourth-order valence-corrected chi connectivity index (χ4v) is 1.82. The molecule has 0 unspecified atom stereocenters. The average molecular weight is 275 g/mol. The van der Waals surface area contributed by atoms with E-state index in [2.05, 4.69) is 25.5 Å². The number of carbonyl (C=O) groups is 2. The van der Waals surface area contributed by atoms with E-state index in [4.69, 9.17) is 0 Å². The Morgan fingerprint density at radius 3 is 3.00 bits per heavy atom. The third-order valence-electron chi connectivity index (χ3n) is 2.97. The van der Waals surface area contributed by atoms with Crippen molar-refractivity contribution in [1.82, 2.24) is 14.6 Å². The SMILES string of the molecule is COC(=O)Nc1cc(NC2CC2)n2ncc(C=O)c2n1. The number of carbonyl (C=O) groups excluding carboxylic acids is 2. The summed E-state index contributed by atoms with van der Waals surface area (Å²) < 4.78 is 6.08. The summed E-state index contributed by atoms with van der Waals surface area (Å²) in [5.74, 6) is 0.980. The van der Waals surface area contributed by atoms with Gasteiger partial charge < -0.3 is 10.1 Å². The number of aldehydes is 1. The van der Waals surface area contributed by atoms with Gasteiger partial charge in [-0.2, -0.15) is 9.61 Å². The van der Waals surface area contributed by atoms with E-state index in [1.54, 1.807) is 10.6 Å². The van der Waals surface area contributed by atoms with Gasteiger partial charge in [-0.25, -0.2) is 9.78 Å². The maximum atomic E-state index is 11.3. The zero-order valence-electron chi connectivity index (χ0n) is 10.8. The average Bonchev–Trinajstić information content (AvgIpc) is 3.16. The van der Waals surface area contributed by atoms with Crippen molar-refractivity contribution in [2.75, 3.05) is 17.7 Å². The Balaban J connectivity index is 2.05. The molecule has 0 radical (unpaired) electrons. The lowest BCUT2D eigenvalue weighted by atomic mass is 10.3. The third kappa shape index (κ3) is 2.27. The number of fused-ring (bicyclic) bond motifs is 1. The minimum atomic E-state index is -0.619. The van der Waals surface area contributed by atoms with Crippen LogP contribution in [0.3, 0.4) is 0 Å². The molecule has 1 saturated carbocycles. The van der Waals surface area contributed by atoms with Crippen LogP contribution in [-0.4, -0.2) is 40.1 Å². The van der Waals surface area contributed by atoms with Gasteiger partial charge in [0.05, 0.1) is 18.9 Å². The van der Waals surface area contributed by atoms with Crippen LogP contribution in [0.2, 0.25) is 0 Å². The molecule has 2 aromatic heterocycles. The molecule has 1 amide bonds. The number of nitrogens with zero attached hydrogens (tertiary/aromatic N) is 3. The highest BCUT2D eigenvalue weighted by Gasteiger charge is 2.23. The number of hydrogen-bond acceptors (Lipinski definition) is 6. The molecule has 0 atom stereocenters. The first kappa shape index (κ1) is 12.4. The van der Waals surface area contributed by atoms with Crippen LogP contribution in [0.4, 0.5) is 16.4 Å². The number of amides is 1. The molecule has 0 aliphatic heterocycles. The highest BCUT2D eigenvalue weighted by molar-refractivity contribution is 5.87. The highest BCUT2D eigenvalue weighted by Crippen LogP contribution is 2.26. The quantitative estimate of drug-likeness (QED) is 0.816. The first-order valence-corrected chi connectivity index (χ1v) is 6.16. The van der Waals surface area contributed by atoms with Crippen LogP contribution in [0.1, 0.15) is 23.2 Å². The minimum Gasteiger partial charge on any atom is -0.453 e. The number of rotatable bonds is 4. The molecule has 8 nitrogen and oxygen atoms in total. The molecule has 0 saturated heterocycles. The Hall–Kier alpha value is -2.64. The number of anilines is 2. The maximum Gasteiger partial charge on any atom is 0.412 e. The van der Waals surface area contributed by atoms with Crippen molar-refractivity contribution < 1.29 is 14.3 Å². The lowest BCUT2D eigenvalue weighted by molar-refractivity contribution is 0.112. The molecule has 2 heterocycles. The zero-order chi connectivity index (χ0) is 14.1. The molecule has 104 valence electrons. The molecule has 0 spiro atoms. The van der Waals surface area contributed by atoms with Crippen molar-refractivity contribution >= 4 is 29.7 Å². The van der Waals surface area contributed by atoms with Crippen LogP contribution in [-0.2, 0) is 4.74 Å². The molecule has 0 bridgehead atoms. The lowest BCUT2D eigenvalue weighted by Crippen LogP contribution is -2.14. The molecule has 20 heavy (non-hydrogen) atoms. The summed E-state index contributed by atoms with van der Waals surface area (Å²) in [6, 6.07) is 2.06. The van der Waals surface area contributed by atoms with Gasteiger partial charge in [-0.05, 0) is 12.8 Å². The van der Waals surface area contributed by atoms with Gasteiger partial charge in [0, 0.05) is 12.1 Å². The normalized spacial score (nSPS) is 14.1. The van der Waals surface area contributed by atoms with Gasteiger partial charge in [-0.1, -0.05) is 0 Å². The largest absolute Gasteiger partial charge is 0.453 e. The Kier molecular flexibility index (Phi) is 2.97. The number of aromatic nitrogens is 3. The van der Waals surface area contributed by atoms with Crippen molar-refractivity contribution in [2.45, 2.75) is 18.9 Å². The second-order valence-electron chi connectivity index (χ2n) is 4.51. The second kappa shape index (κ2) is 4.80. The van der Waals surface area contributed by atoms with Gasteiger partial charge >= 0.3 is 6.09 Å².